The van der Waals surface area contributed by atoms with Gasteiger partial charge in [-0.25, -0.2) is 0 Å². The summed E-state index contributed by atoms with van der Waals surface area (Å²) >= 11 is 6.06. The van der Waals surface area contributed by atoms with Crippen molar-refractivity contribution in [3.8, 4) is 0 Å². The van der Waals surface area contributed by atoms with Gasteiger partial charge in [-0.05, 0) is 18.1 Å². The fourth-order valence-corrected chi connectivity index (χ4v) is 2.31. The fraction of sp³-hybridized carbons (Fsp3) is 0.571. The first-order valence-electron chi connectivity index (χ1n) is 6.60. The minimum absolute atomic E-state index is 0.612. The first-order valence-corrected chi connectivity index (χ1v) is 6.98. The van der Waals surface area contributed by atoms with Crippen molar-refractivity contribution in [2.24, 2.45) is 0 Å². The van der Waals surface area contributed by atoms with E-state index in [9.17, 15) is 0 Å². The Hall–Kier alpha value is -0.610. The zero-order valence-electron chi connectivity index (χ0n) is 10.7. The Morgan fingerprint density at radius 3 is 2.78 bits per heavy atom. The molecule has 0 bridgehead atoms. The predicted molar refractivity (Wildman–Crippen MR) is 75.0 cm³/mol. The van der Waals surface area contributed by atoms with Crippen molar-refractivity contribution in [3.63, 3.8) is 0 Å². The standard InChI is InChI=1S/C14H21ClN2O/c15-14-5-2-1-4-13(14)12-18-11-3-8-17-9-6-16-7-10-17/h1-2,4-5,16H,3,6-12H2. The molecule has 0 radical (unpaired) electrons. The summed E-state index contributed by atoms with van der Waals surface area (Å²) in [6, 6.07) is 7.85. The highest BCUT2D eigenvalue weighted by atomic mass is 35.5. The van der Waals surface area contributed by atoms with Crippen LogP contribution in [0.2, 0.25) is 5.02 Å². The lowest BCUT2D eigenvalue weighted by Gasteiger charge is -2.26. The van der Waals surface area contributed by atoms with Crippen LogP contribution in [0.4, 0.5) is 0 Å². The van der Waals surface area contributed by atoms with Gasteiger partial charge in [-0.1, -0.05) is 29.8 Å². The average Bonchev–Trinajstić information content (AvgIpc) is 2.42. The van der Waals surface area contributed by atoms with E-state index in [0.29, 0.717) is 6.61 Å². The van der Waals surface area contributed by atoms with E-state index >= 15 is 0 Å². The van der Waals surface area contributed by atoms with Gasteiger partial charge in [0.25, 0.3) is 0 Å². The molecular formula is C14H21ClN2O. The van der Waals surface area contributed by atoms with Gasteiger partial charge in [0.1, 0.15) is 0 Å². The van der Waals surface area contributed by atoms with Crippen LogP contribution in [0.25, 0.3) is 0 Å². The molecule has 1 aromatic carbocycles. The summed E-state index contributed by atoms with van der Waals surface area (Å²) in [5, 5.41) is 4.15. The van der Waals surface area contributed by atoms with E-state index in [2.05, 4.69) is 10.2 Å². The van der Waals surface area contributed by atoms with Crippen molar-refractivity contribution in [3.05, 3.63) is 34.9 Å². The van der Waals surface area contributed by atoms with Crippen molar-refractivity contribution in [2.45, 2.75) is 13.0 Å². The van der Waals surface area contributed by atoms with E-state index in [-0.39, 0.29) is 0 Å². The van der Waals surface area contributed by atoms with Crippen LogP contribution in [-0.4, -0.2) is 44.2 Å². The summed E-state index contributed by atoms with van der Waals surface area (Å²) in [7, 11) is 0. The van der Waals surface area contributed by atoms with Crippen LogP contribution < -0.4 is 5.32 Å². The molecule has 1 heterocycles. The first-order chi connectivity index (χ1) is 8.86. The van der Waals surface area contributed by atoms with E-state index in [1.807, 2.05) is 24.3 Å². The molecule has 0 atom stereocenters. The highest BCUT2D eigenvalue weighted by Gasteiger charge is 2.08. The first kappa shape index (κ1) is 13.8. The molecule has 0 saturated carbocycles. The van der Waals surface area contributed by atoms with Crippen molar-refractivity contribution in [1.82, 2.24) is 10.2 Å². The summed E-state index contributed by atoms with van der Waals surface area (Å²) in [4.78, 5) is 2.48. The summed E-state index contributed by atoms with van der Waals surface area (Å²) in [5.41, 5.74) is 1.07. The van der Waals surface area contributed by atoms with Crippen LogP contribution in [0.3, 0.4) is 0 Å². The molecule has 1 saturated heterocycles. The van der Waals surface area contributed by atoms with Gasteiger partial charge in [0, 0.05) is 44.4 Å². The Balaban J connectivity index is 1.57. The second-order valence-corrected chi connectivity index (χ2v) is 5.00. The molecule has 1 aliphatic rings. The lowest BCUT2D eigenvalue weighted by atomic mass is 10.2. The van der Waals surface area contributed by atoms with E-state index < -0.39 is 0 Å². The second-order valence-electron chi connectivity index (χ2n) is 4.59. The summed E-state index contributed by atoms with van der Waals surface area (Å²) < 4.78 is 5.66. The van der Waals surface area contributed by atoms with Gasteiger partial charge in [-0.2, -0.15) is 0 Å². The summed E-state index contributed by atoms with van der Waals surface area (Å²) in [5.74, 6) is 0. The number of nitrogens with zero attached hydrogens (tertiary/aromatic N) is 1. The zero-order chi connectivity index (χ0) is 12.6. The van der Waals surface area contributed by atoms with Gasteiger partial charge in [0.05, 0.1) is 6.61 Å². The smallest absolute Gasteiger partial charge is 0.0731 e. The number of benzene rings is 1. The quantitative estimate of drug-likeness (QED) is 0.800. The number of ether oxygens (including phenoxy) is 1. The summed E-state index contributed by atoms with van der Waals surface area (Å²) in [6.45, 7) is 7.08. The SMILES string of the molecule is Clc1ccccc1COCCCN1CCNCC1. The molecule has 0 aliphatic carbocycles. The van der Waals surface area contributed by atoms with Gasteiger partial charge in [-0.15, -0.1) is 0 Å². The molecule has 1 aromatic rings. The predicted octanol–water partition coefficient (Wildman–Crippen LogP) is 2.15. The van der Waals surface area contributed by atoms with Crippen molar-refractivity contribution >= 4 is 11.6 Å². The average molecular weight is 269 g/mol. The molecular weight excluding hydrogens is 248 g/mol. The van der Waals surface area contributed by atoms with Crippen LogP contribution in [0, 0.1) is 0 Å². The lowest BCUT2D eigenvalue weighted by Crippen LogP contribution is -2.43. The molecule has 0 unspecified atom stereocenters. The van der Waals surface area contributed by atoms with Crippen molar-refractivity contribution < 1.29 is 4.74 Å². The van der Waals surface area contributed by atoms with E-state index in [4.69, 9.17) is 16.3 Å². The molecule has 0 amide bonds. The Kier molecular flexibility index (Phi) is 5.94. The number of halogens is 1. The third kappa shape index (κ3) is 4.58. The maximum atomic E-state index is 6.06. The Morgan fingerprint density at radius 2 is 2.00 bits per heavy atom. The third-order valence-corrected chi connectivity index (χ3v) is 3.56. The molecule has 100 valence electrons. The van der Waals surface area contributed by atoms with Gasteiger partial charge in [0.2, 0.25) is 0 Å². The van der Waals surface area contributed by atoms with E-state index in [0.717, 1.165) is 56.3 Å². The second kappa shape index (κ2) is 7.74. The number of nitrogens with one attached hydrogen (secondary N) is 1. The van der Waals surface area contributed by atoms with Gasteiger partial charge >= 0.3 is 0 Å². The molecule has 1 fully saturated rings. The highest BCUT2D eigenvalue weighted by Crippen LogP contribution is 2.15. The number of piperazine rings is 1. The molecule has 1 aliphatic heterocycles. The fourth-order valence-electron chi connectivity index (χ4n) is 2.12. The van der Waals surface area contributed by atoms with E-state index in [1.165, 1.54) is 0 Å². The van der Waals surface area contributed by atoms with Crippen LogP contribution in [-0.2, 0) is 11.3 Å². The topological polar surface area (TPSA) is 24.5 Å². The lowest BCUT2D eigenvalue weighted by molar-refractivity contribution is 0.106. The molecule has 1 N–H and O–H groups in total. The van der Waals surface area contributed by atoms with Gasteiger partial charge < -0.3 is 15.0 Å². The molecule has 4 heteroatoms. The minimum atomic E-state index is 0.612. The minimum Gasteiger partial charge on any atom is -0.377 e. The molecule has 2 rings (SSSR count). The van der Waals surface area contributed by atoms with Crippen molar-refractivity contribution in [1.29, 1.82) is 0 Å². The summed E-state index contributed by atoms with van der Waals surface area (Å²) in [6.07, 6.45) is 1.09. The Bertz CT molecular complexity index is 353. The van der Waals surface area contributed by atoms with Crippen LogP contribution >= 0.6 is 11.6 Å². The highest BCUT2D eigenvalue weighted by molar-refractivity contribution is 6.31. The maximum Gasteiger partial charge on any atom is 0.0731 e. The molecule has 18 heavy (non-hydrogen) atoms. The Morgan fingerprint density at radius 1 is 1.22 bits per heavy atom. The van der Waals surface area contributed by atoms with Crippen LogP contribution in [0.15, 0.2) is 24.3 Å². The largest absolute Gasteiger partial charge is 0.377 e. The number of hydrogen-bond acceptors (Lipinski definition) is 3. The van der Waals surface area contributed by atoms with E-state index in [1.54, 1.807) is 0 Å². The van der Waals surface area contributed by atoms with Gasteiger partial charge in [-0.3, -0.25) is 0 Å². The maximum absolute atomic E-state index is 6.06. The van der Waals surface area contributed by atoms with Crippen LogP contribution in [0.1, 0.15) is 12.0 Å². The van der Waals surface area contributed by atoms with Gasteiger partial charge in [0.15, 0.2) is 0 Å². The Labute approximate surface area is 114 Å². The zero-order valence-corrected chi connectivity index (χ0v) is 11.5. The molecule has 3 nitrogen and oxygen atoms in total. The molecule has 0 spiro atoms. The van der Waals surface area contributed by atoms with Crippen molar-refractivity contribution in [2.75, 3.05) is 39.3 Å². The third-order valence-electron chi connectivity index (χ3n) is 3.19. The number of rotatable bonds is 6. The molecule has 0 aromatic heterocycles. The van der Waals surface area contributed by atoms with Crippen LogP contribution in [0.5, 0.6) is 0 Å². The number of hydrogen-bond donors (Lipinski definition) is 1. The normalized spacial score (nSPS) is 16.9. The monoisotopic (exact) mass is 268 g/mol.